The highest BCUT2D eigenvalue weighted by molar-refractivity contribution is 5.95. The van der Waals surface area contributed by atoms with Gasteiger partial charge in [-0.2, -0.15) is 13.2 Å². The summed E-state index contributed by atoms with van der Waals surface area (Å²) in [6.07, 6.45) is -7.09. The number of nitrogens with one attached hydrogen (secondary N) is 2. The van der Waals surface area contributed by atoms with Gasteiger partial charge >= 0.3 is 30.1 Å². The van der Waals surface area contributed by atoms with Crippen molar-refractivity contribution in [3.63, 3.8) is 0 Å². The smallest absolute Gasteiger partial charge is 0.480 e. The van der Waals surface area contributed by atoms with Crippen LogP contribution in [0, 0.1) is 5.41 Å². The first-order valence-electron chi connectivity index (χ1n) is 10.3. The van der Waals surface area contributed by atoms with E-state index in [9.17, 15) is 37.1 Å². The normalized spacial score (nSPS) is 12.6. The Hall–Kier alpha value is -4.69. The second kappa shape index (κ2) is 11.8. The monoisotopic (exact) mass is 527 g/mol. The van der Waals surface area contributed by atoms with Gasteiger partial charge in [0.25, 0.3) is 0 Å². The van der Waals surface area contributed by atoms with Crippen molar-refractivity contribution in [2.75, 3.05) is 0 Å². The van der Waals surface area contributed by atoms with E-state index in [2.05, 4.69) is 4.74 Å². The van der Waals surface area contributed by atoms with E-state index >= 15 is 0 Å². The number of nitrogens with two attached hydrogens (primary N) is 1. The molecule has 0 fully saturated rings. The summed E-state index contributed by atoms with van der Waals surface area (Å²) in [6, 6.07) is 6.46. The topological polar surface area (TPSA) is 199 Å². The Morgan fingerprint density at radius 3 is 2.24 bits per heavy atom. The van der Waals surface area contributed by atoms with Crippen LogP contribution in [0.3, 0.4) is 0 Å². The number of carbonyl (C=O) groups excluding carboxylic acids is 4. The molecule has 1 amide bonds. The molecule has 0 spiro atoms. The van der Waals surface area contributed by atoms with Crippen LogP contribution in [0.5, 0.6) is 5.75 Å². The number of esters is 3. The Morgan fingerprint density at radius 2 is 1.70 bits per heavy atom. The minimum absolute atomic E-state index is 0.149. The molecule has 1 aromatic heterocycles. The number of aliphatic carboxylic acids is 1. The van der Waals surface area contributed by atoms with Gasteiger partial charge in [-0.3, -0.25) is 15.0 Å². The van der Waals surface area contributed by atoms with Gasteiger partial charge in [-0.05, 0) is 36.4 Å². The van der Waals surface area contributed by atoms with Crippen molar-refractivity contribution in [1.29, 1.82) is 5.41 Å². The first kappa shape index (κ1) is 28.5. The van der Waals surface area contributed by atoms with Crippen molar-refractivity contribution in [2.45, 2.75) is 37.9 Å². The zero-order valence-electron chi connectivity index (χ0n) is 19.0. The molecule has 2 atom stereocenters. The predicted molar refractivity (Wildman–Crippen MR) is 115 cm³/mol. The fraction of sp³-hybridized carbons (Fsp3) is 0.273. The van der Waals surface area contributed by atoms with E-state index in [1.165, 1.54) is 43.3 Å². The van der Waals surface area contributed by atoms with Gasteiger partial charge in [0.15, 0.2) is 0 Å². The van der Waals surface area contributed by atoms with Crippen LogP contribution in [-0.2, 0) is 23.9 Å². The van der Waals surface area contributed by atoms with E-state index < -0.39 is 60.8 Å². The second-order valence-electron chi connectivity index (χ2n) is 7.56. The second-order valence-corrected chi connectivity index (χ2v) is 7.56. The molecule has 37 heavy (non-hydrogen) atoms. The number of alkyl halides is 3. The van der Waals surface area contributed by atoms with Crippen molar-refractivity contribution in [3.05, 3.63) is 53.5 Å². The summed E-state index contributed by atoms with van der Waals surface area (Å²) in [5, 5.41) is 18.4. The zero-order chi connectivity index (χ0) is 27.9. The predicted octanol–water partition coefficient (Wildman–Crippen LogP) is 1.87. The SMILES string of the molecule is CC(CC(=O)N[C@@H](CC(=O)OC(=O)C(F)(F)F)C(=O)O)c1ccc(C(=O)Oc2ccc(C(=N)N)cc2)o1. The lowest BCUT2D eigenvalue weighted by molar-refractivity contribution is -0.202. The molecule has 1 unspecified atom stereocenters. The van der Waals surface area contributed by atoms with Gasteiger partial charge in [0, 0.05) is 17.9 Å². The zero-order valence-corrected chi connectivity index (χ0v) is 19.0. The van der Waals surface area contributed by atoms with Crippen LogP contribution in [0.2, 0.25) is 0 Å². The molecule has 1 aromatic carbocycles. The van der Waals surface area contributed by atoms with E-state index in [1.54, 1.807) is 0 Å². The number of carboxylic acid groups (broad SMARTS) is 1. The third kappa shape index (κ3) is 8.48. The molecule has 0 bridgehead atoms. The van der Waals surface area contributed by atoms with E-state index in [1.807, 2.05) is 5.32 Å². The van der Waals surface area contributed by atoms with E-state index in [-0.39, 0.29) is 23.1 Å². The summed E-state index contributed by atoms with van der Waals surface area (Å²) in [5.41, 5.74) is 5.77. The van der Waals surface area contributed by atoms with Crippen LogP contribution >= 0.6 is 0 Å². The molecule has 0 saturated carbocycles. The molecular formula is C22H20F3N3O9. The Morgan fingerprint density at radius 1 is 1.08 bits per heavy atom. The third-order valence-electron chi connectivity index (χ3n) is 4.62. The standard InChI is InChI=1S/C22H20F3N3O9/c1-10(8-16(29)28-13(19(31)32)9-17(30)37-21(34)22(23,24)25)14-6-7-15(36-14)20(33)35-12-4-2-11(3-5-12)18(26)27/h2-7,10,13H,8-9H2,1H3,(H3,26,27)(H,28,29)(H,31,32)/t10?,13-/m0/s1. The van der Waals surface area contributed by atoms with Gasteiger partial charge in [-0.1, -0.05) is 6.92 Å². The molecule has 1 heterocycles. The summed E-state index contributed by atoms with van der Waals surface area (Å²) in [6.45, 7) is 1.50. The summed E-state index contributed by atoms with van der Waals surface area (Å²) in [4.78, 5) is 57.9. The Bertz CT molecular complexity index is 1210. The molecule has 2 rings (SSSR count). The van der Waals surface area contributed by atoms with Crippen molar-refractivity contribution >= 4 is 35.6 Å². The first-order chi connectivity index (χ1) is 17.2. The van der Waals surface area contributed by atoms with Crippen molar-refractivity contribution in [2.24, 2.45) is 5.73 Å². The summed E-state index contributed by atoms with van der Waals surface area (Å²) >= 11 is 0. The first-order valence-corrected chi connectivity index (χ1v) is 10.3. The van der Waals surface area contributed by atoms with Crippen molar-refractivity contribution in [1.82, 2.24) is 5.32 Å². The molecule has 5 N–H and O–H groups in total. The molecule has 15 heteroatoms. The largest absolute Gasteiger partial charge is 0.491 e. The molecule has 198 valence electrons. The molecule has 0 saturated heterocycles. The van der Waals surface area contributed by atoms with Gasteiger partial charge in [0.1, 0.15) is 23.4 Å². The summed E-state index contributed by atoms with van der Waals surface area (Å²) < 4.78 is 50.5. The Labute approximate surface area is 206 Å². The van der Waals surface area contributed by atoms with E-state index in [0.29, 0.717) is 5.56 Å². The van der Waals surface area contributed by atoms with Crippen LogP contribution in [0.4, 0.5) is 13.2 Å². The van der Waals surface area contributed by atoms with Gasteiger partial charge < -0.3 is 30.0 Å². The summed E-state index contributed by atoms with van der Waals surface area (Å²) in [5.74, 6) is -8.93. The Kier molecular flexibility index (Phi) is 9.13. The van der Waals surface area contributed by atoms with Gasteiger partial charge in [-0.25, -0.2) is 14.4 Å². The van der Waals surface area contributed by atoms with Crippen LogP contribution in [0.15, 0.2) is 40.8 Å². The van der Waals surface area contributed by atoms with Crippen LogP contribution in [0.25, 0.3) is 0 Å². The minimum Gasteiger partial charge on any atom is -0.480 e. The molecule has 2 aromatic rings. The van der Waals surface area contributed by atoms with Gasteiger partial charge in [0.05, 0.1) is 6.42 Å². The highest BCUT2D eigenvalue weighted by Crippen LogP contribution is 2.23. The lowest BCUT2D eigenvalue weighted by Gasteiger charge is -2.15. The van der Waals surface area contributed by atoms with Crippen molar-refractivity contribution in [3.8, 4) is 5.75 Å². The number of benzene rings is 1. The number of hydrogen-bond donors (Lipinski definition) is 4. The number of nitrogen functional groups attached to an aromatic ring is 1. The number of furan rings is 1. The van der Waals surface area contributed by atoms with Crippen LogP contribution in [0.1, 0.15) is 47.6 Å². The van der Waals surface area contributed by atoms with Gasteiger partial charge in [-0.15, -0.1) is 0 Å². The number of rotatable bonds is 10. The maximum Gasteiger partial charge on any atom is 0.491 e. The number of hydrogen-bond acceptors (Lipinski definition) is 9. The van der Waals surface area contributed by atoms with E-state index in [4.69, 9.17) is 25.4 Å². The lowest BCUT2D eigenvalue weighted by Crippen LogP contribution is -2.43. The maximum atomic E-state index is 12.3. The van der Waals surface area contributed by atoms with Gasteiger partial charge in [0.2, 0.25) is 11.7 Å². The average Bonchev–Trinajstić information content (AvgIpc) is 3.29. The fourth-order valence-electron chi connectivity index (χ4n) is 2.79. The number of carboxylic acids is 1. The summed E-state index contributed by atoms with van der Waals surface area (Å²) in [7, 11) is 0. The Balaban J connectivity index is 1.94. The number of ether oxygens (including phenoxy) is 2. The quantitative estimate of drug-likeness (QED) is 0.116. The van der Waals surface area contributed by atoms with Crippen LogP contribution in [-0.4, -0.2) is 52.9 Å². The molecule has 0 radical (unpaired) electrons. The van der Waals surface area contributed by atoms with Crippen molar-refractivity contribution < 1.29 is 56.1 Å². The maximum absolute atomic E-state index is 12.3. The molecule has 0 aliphatic carbocycles. The van der Waals surface area contributed by atoms with E-state index in [0.717, 1.165) is 0 Å². The average molecular weight is 527 g/mol. The van der Waals surface area contributed by atoms with Crippen LogP contribution < -0.4 is 15.8 Å². The fourth-order valence-corrected chi connectivity index (χ4v) is 2.79. The lowest BCUT2D eigenvalue weighted by atomic mass is 10.0. The number of carbonyl (C=O) groups is 5. The molecular weight excluding hydrogens is 507 g/mol. The highest BCUT2D eigenvalue weighted by atomic mass is 19.4. The number of amidine groups is 1. The minimum atomic E-state index is -5.46. The molecule has 0 aliphatic heterocycles. The number of amides is 1. The molecule has 12 nitrogen and oxygen atoms in total. The molecule has 0 aliphatic rings. The highest BCUT2D eigenvalue weighted by Gasteiger charge is 2.43. The third-order valence-corrected chi connectivity index (χ3v) is 4.62. The number of halogens is 3.